The normalized spacial score (nSPS) is 11.6. The monoisotopic (exact) mass is 345 g/mol. The standard InChI is InChI=1S/C19H15N5O2/c1-11-9-17(25)18(14-7-6-13(23-26)10-15(11)14)21-22-19-20-12(2)16-5-3-4-8-24(16)19/h3-10,25H,1-2H3. The molecule has 0 spiro atoms. The molecular formula is C19H15N5O2. The highest BCUT2D eigenvalue weighted by atomic mass is 16.3. The summed E-state index contributed by atoms with van der Waals surface area (Å²) >= 11 is 0. The molecule has 4 rings (SSSR count). The molecule has 2 heterocycles. The van der Waals surface area contributed by atoms with Crippen molar-refractivity contribution in [1.29, 1.82) is 0 Å². The maximum absolute atomic E-state index is 10.8. The average molecular weight is 345 g/mol. The summed E-state index contributed by atoms with van der Waals surface area (Å²) in [5.74, 6) is 0.445. The molecule has 0 saturated heterocycles. The van der Waals surface area contributed by atoms with Gasteiger partial charge in [-0.1, -0.05) is 6.07 Å². The molecule has 128 valence electrons. The van der Waals surface area contributed by atoms with Crippen LogP contribution in [-0.2, 0) is 0 Å². The number of hydrogen-bond donors (Lipinski definition) is 1. The Bertz CT molecular complexity index is 1190. The number of fused-ring (bicyclic) bond motifs is 2. The van der Waals surface area contributed by atoms with Gasteiger partial charge in [-0.3, -0.25) is 4.40 Å². The summed E-state index contributed by atoms with van der Waals surface area (Å²) in [6.45, 7) is 3.75. The van der Waals surface area contributed by atoms with Gasteiger partial charge in [-0.25, -0.2) is 4.98 Å². The van der Waals surface area contributed by atoms with Gasteiger partial charge in [0.1, 0.15) is 17.1 Å². The summed E-state index contributed by atoms with van der Waals surface area (Å²) in [7, 11) is 0. The van der Waals surface area contributed by atoms with Crippen LogP contribution in [0.2, 0.25) is 0 Å². The molecule has 0 bridgehead atoms. The van der Waals surface area contributed by atoms with Crippen molar-refractivity contribution < 1.29 is 5.11 Å². The summed E-state index contributed by atoms with van der Waals surface area (Å²) < 4.78 is 1.83. The van der Waals surface area contributed by atoms with E-state index in [1.807, 2.05) is 42.6 Å². The van der Waals surface area contributed by atoms with Crippen LogP contribution in [-0.4, -0.2) is 14.5 Å². The van der Waals surface area contributed by atoms with Crippen LogP contribution in [0.5, 0.6) is 5.75 Å². The number of aryl methyl sites for hydroxylation is 2. The molecule has 0 atom stereocenters. The number of rotatable bonds is 3. The highest BCUT2D eigenvalue weighted by Gasteiger charge is 2.12. The molecule has 0 saturated carbocycles. The Kier molecular flexibility index (Phi) is 3.69. The van der Waals surface area contributed by atoms with E-state index >= 15 is 0 Å². The number of benzene rings is 2. The SMILES string of the molecule is Cc1cc(O)c(N=Nc2nc(C)c3ccccn23)c2ccc(N=O)cc12. The number of nitroso groups, excluding NO2 is 1. The van der Waals surface area contributed by atoms with E-state index in [-0.39, 0.29) is 5.75 Å². The van der Waals surface area contributed by atoms with Gasteiger partial charge < -0.3 is 5.11 Å². The van der Waals surface area contributed by atoms with Crippen molar-refractivity contribution in [3.63, 3.8) is 0 Å². The van der Waals surface area contributed by atoms with Crippen LogP contribution in [0.3, 0.4) is 0 Å². The van der Waals surface area contributed by atoms with E-state index in [1.54, 1.807) is 24.3 Å². The minimum atomic E-state index is 0.0168. The molecule has 4 aromatic rings. The fourth-order valence-electron chi connectivity index (χ4n) is 3.05. The first-order chi connectivity index (χ1) is 12.6. The number of imidazole rings is 1. The number of nitrogens with zero attached hydrogens (tertiary/aromatic N) is 5. The largest absolute Gasteiger partial charge is 0.506 e. The summed E-state index contributed by atoms with van der Waals surface area (Å²) in [5, 5.41) is 23.3. The number of phenolic OH excluding ortho intramolecular Hbond substituents is 1. The van der Waals surface area contributed by atoms with Gasteiger partial charge >= 0.3 is 0 Å². The minimum Gasteiger partial charge on any atom is -0.506 e. The van der Waals surface area contributed by atoms with Crippen molar-refractivity contribution in [3.05, 3.63) is 64.8 Å². The molecule has 0 amide bonds. The van der Waals surface area contributed by atoms with E-state index in [9.17, 15) is 10.0 Å². The third kappa shape index (κ3) is 2.50. The van der Waals surface area contributed by atoms with E-state index in [4.69, 9.17) is 0 Å². The Morgan fingerprint density at radius 3 is 2.69 bits per heavy atom. The second kappa shape index (κ2) is 6.03. The lowest BCUT2D eigenvalue weighted by molar-refractivity contribution is 0.477. The van der Waals surface area contributed by atoms with E-state index in [1.165, 1.54) is 0 Å². The molecule has 0 unspecified atom stereocenters. The fraction of sp³-hybridized carbons (Fsp3) is 0.105. The quantitative estimate of drug-likeness (QED) is 0.385. The van der Waals surface area contributed by atoms with Gasteiger partial charge in [-0.15, -0.1) is 15.1 Å². The molecule has 26 heavy (non-hydrogen) atoms. The van der Waals surface area contributed by atoms with Gasteiger partial charge in [-0.2, -0.15) is 0 Å². The number of aromatic nitrogens is 2. The van der Waals surface area contributed by atoms with Crippen LogP contribution in [0.25, 0.3) is 16.3 Å². The molecule has 0 radical (unpaired) electrons. The molecule has 7 nitrogen and oxygen atoms in total. The molecular weight excluding hydrogens is 330 g/mol. The predicted molar refractivity (Wildman–Crippen MR) is 99.9 cm³/mol. The zero-order valence-electron chi connectivity index (χ0n) is 14.2. The Labute approximate surface area is 148 Å². The van der Waals surface area contributed by atoms with Gasteiger partial charge in [0, 0.05) is 11.6 Å². The Hall–Kier alpha value is -3.61. The van der Waals surface area contributed by atoms with Crippen LogP contribution in [0.1, 0.15) is 11.3 Å². The lowest BCUT2D eigenvalue weighted by Crippen LogP contribution is -1.82. The Morgan fingerprint density at radius 2 is 1.88 bits per heavy atom. The van der Waals surface area contributed by atoms with Gasteiger partial charge in [-0.05, 0) is 66.4 Å². The highest BCUT2D eigenvalue weighted by Crippen LogP contribution is 2.39. The van der Waals surface area contributed by atoms with Crippen molar-refractivity contribution in [3.8, 4) is 5.75 Å². The van der Waals surface area contributed by atoms with Crippen molar-refractivity contribution in [2.45, 2.75) is 13.8 Å². The van der Waals surface area contributed by atoms with Crippen molar-refractivity contribution in [2.24, 2.45) is 15.4 Å². The molecule has 1 N–H and O–H groups in total. The number of azo groups is 1. The summed E-state index contributed by atoms with van der Waals surface area (Å²) in [4.78, 5) is 15.2. The smallest absolute Gasteiger partial charge is 0.254 e. The van der Waals surface area contributed by atoms with E-state index in [0.29, 0.717) is 22.7 Å². The summed E-state index contributed by atoms with van der Waals surface area (Å²) in [6, 6.07) is 12.3. The topological polar surface area (TPSA) is 91.7 Å². The maximum Gasteiger partial charge on any atom is 0.254 e. The van der Waals surface area contributed by atoms with E-state index < -0.39 is 0 Å². The van der Waals surface area contributed by atoms with Gasteiger partial charge in [0.25, 0.3) is 5.95 Å². The first kappa shape index (κ1) is 15.9. The molecule has 0 aliphatic rings. The van der Waals surface area contributed by atoms with Gasteiger partial charge in [0.05, 0.1) is 11.2 Å². The minimum absolute atomic E-state index is 0.0168. The van der Waals surface area contributed by atoms with Crippen molar-refractivity contribution >= 4 is 33.6 Å². The molecule has 7 heteroatoms. The highest BCUT2D eigenvalue weighted by molar-refractivity contribution is 5.98. The zero-order chi connectivity index (χ0) is 18.3. The van der Waals surface area contributed by atoms with Crippen LogP contribution in [0, 0.1) is 18.8 Å². The van der Waals surface area contributed by atoms with Crippen molar-refractivity contribution in [2.75, 3.05) is 0 Å². The number of pyridine rings is 1. The summed E-state index contributed by atoms with van der Waals surface area (Å²) in [6.07, 6.45) is 1.86. The maximum atomic E-state index is 10.8. The number of hydrogen-bond acceptors (Lipinski definition) is 6. The lowest BCUT2D eigenvalue weighted by Gasteiger charge is -2.07. The Morgan fingerprint density at radius 1 is 1.04 bits per heavy atom. The number of phenols is 1. The zero-order valence-corrected chi connectivity index (χ0v) is 14.2. The molecule has 0 fully saturated rings. The third-order valence-electron chi connectivity index (χ3n) is 4.34. The molecule has 2 aromatic heterocycles. The van der Waals surface area contributed by atoms with Crippen LogP contribution >= 0.6 is 0 Å². The first-order valence-corrected chi connectivity index (χ1v) is 8.03. The van der Waals surface area contributed by atoms with Gasteiger partial charge in [0.15, 0.2) is 0 Å². The van der Waals surface area contributed by atoms with Crippen LogP contribution < -0.4 is 0 Å². The van der Waals surface area contributed by atoms with E-state index in [2.05, 4.69) is 20.4 Å². The lowest BCUT2D eigenvalue weighted by atomic mass is 10.0. The molecule has 0 aliphatic heterocycles. The van der Waals surface area contributed by atoms with Crippen LogP contribution in [0.15, 0.2) is 64.1 Å². The van der Waals surface area contributed by atoms with Gasteiger partial charge in [0.2, 0.25) is 0 Å². The first-order valence-electron chi connectivity index (χ1n) is 8.03. The summed E-state index contributed by atoms with van der Waals surface area (Å²) in [5.41, 5.74) is 3.27. The predicted octanol–water partition coefficient (Wildman–Crippen LogP) is 5.62. The van der Waals surface area contributed by atoms with Crippen LogP contribution in [0.4, 0.5) is 17.3 Å². The Balaban J connectivity index is 1.89. The van der Waals surface area contributed by atoms with Crippen molar-refractivity contribution in [1.82, 2.24) is 9.38 Å². The second-order valence-electron chi connectivity index (χ2n) is 6.04. The second-order valence-corrected chi connectivity index (χ2v) is 6.04. The molecule has 0 aliphatic carbocycles. The molecule has 2 aromatic carbocycles. The van der Waals surface area contributed by atoms with E-state index in [0.717, 1.165) is 22.2 Å². The fourth-order valence-corrected chi connectivity index (χ4v) is 3.05. The number of aromatic hydroxyl groups is 1. The third-order valence-corrected chi connectivity index (χ3v) is 4.34. The average Bonchev–Trinajstić information content (AvgIpc) is 2.97.